The first kappa shape index (κ1) is 16.2. The molecule has 0 bridgehead atoms. The molecule has 3 nitrogen and oxygen atoms in total. The van der Waals surface area contributed by atoms with Crippen molar-refractivity contribution in [1.29, 1.82) is 0 Å². The van der Waals surface area contributed by atoms with Crippen molar-refractivity contribution in [2.24, 2.45) is 4.99 Å². The van der Waals surface area contributed by atoms with Crippen molar-refractivity contribution in [1.82, 2.24) is 4.57 Å². The van der Waals surface area contributed by atoms with Crippen LogP contribution in [0.25, 0.3) is 10.2 Å². The summed E-state index contributed by atoms with van der Waals surface area (Å²) in [6, 6.07) is 14.1. The van der Waals surface area contributed by atoms with Gasteiger partial charge in [-0.1, -0.05) is 53.2 Å². The third-order valence-corrected chi connectivity index (χ3v) is 4.79. The number of nitrogens with zero attached hydrogens (tertiary/aromatic N) is 2. The van der Waals surface area contributed by atoms with E-state index >= 15 is 0 Å². The molecule has 0 fully saturated rings. The largest absolute Gasteiger partial charge is 0.305 e. The zero-order valence-corrected chi connectivity index (χ0v) is 14.6. The highest BCUT2D eigenvalue weighted by molar-refractivity contribution is 7.16. The fraction of sp³-hybridized carbons (Fsp3) is 0.200. The molecular formula is C20H18N2OS. The number of rotatable bonds is 3. The highest BCUT2D eigenvalue weighted by Crippen LogP contribution is 2.19. The van der Waals surface area contributed by atoms with Crippen molar-refractivity contribution in [3.05, 3.63) is 64.0 Å². The summed E-state index contributed by atoms with van der Waals surface area (Å²) in [6.07, 6.45) is 5.78. The van der Waals surface area contributed by atoms with Gasteiger partial charge in [-0.05, 0) is 37.1 Å². The molecule has 0 aliphatic heterocycles. The van der Waals surface area contributed by atoms with Crippen LogP contribution in [0.2, 0.25) is 0 Å². The van der Waals surface area contributed by atoms with Crippen molar-refractivity contribution in [2.75, 3.05) is 0 Å². The van der Waals surface area contributed by atoms with Gasteiger partial charge in [0.1, 0.15) is 0 Å². The van der Waals surface area contributed by atoms with E-state index in [-0.39, 0.29) is 5.91 Å². The number of carbonyl (C=O) groups excluding carboxylic acids is 1. The summed E-state index contributed by atoms with van der Waals surface area (Å²) in [5.41, 5.74) is 4.31. The molecule has 0 unspecified atom stereocenters. The second-order valence-electron chi connectivity index (χ2n) is 5.82. The standard InChI is InChI=1S/C20H18N2OS/c1-4-10-22-17-9-8-15(3)12-18(17)24-20(22)21-19(23)13-16-7-5-6-14(2)11-16/h1,5-9,11-12H,10,13H2,2-3H3. The molecule has 1 amide bonds. The molecule has 1 heterocycles. The number of carbonyl (C=O) groups is 1. The van der Waals surface area contributed by atoms with Gasteiger partial charge in [-0.25, -0.2) is 0 Å². The van der Waals surface area contributed by atoms with Gasteiger partial charge in [-0.3, -0.25) is 4.79 Å². The molecule has 4 heteroatoms. The Labute approximate surface area is 145 Å². The summed E-state index contributed by atoms with van der Waals surface area (Å²) in [5.74, 6) is 2.49. The molecule has 2 aromatic carbocycles. The maximum absolute atomic E-state index is 12.4. The zero-order chi connectivity index (χ0) is 17.1. The van der Waals surface area contributed by atoms with E-state index in [9.17, 15) is 4.79 Å². The van der Waals surface area contributed by atoms with E-state index in [1.165, 1.54) is 16.9 Å². The number of benzene rings is 2. The van der Waals surface area contributed by atoms with E-state index in [4.69, 9.17) is 6.42 Å². The smallest absolute Gasteiger partial charge is 0.252 e. The molecule has 0 radical (unpaired) electrons. The SMILES string of the molecule is C#CCn1c(=NC(=O)Cc2cccc(C)c2)sc2cc(C)ccc21. The van der Waals surface area contributed by atoms with Crippen LogP contribution in [0.3, 0.4) is 0 Å². The van der Waals surface area contributed by atoms with Gasteiger partial charge < -0.3 is 4.57 Å². The predicted octanol–water partition coefficient (Wildman–Crippen LogP) is 3.62. The van der Waals surface area contributed by atoms with Gasteiger partial charge in [0.15, 0.2) is 4.80 Å². The van der Waals surface area contributed by atoms with Crippen LogP contribution >= 0.6 is 11.3 Å². The van der Waals surface area contributed by atoms with Crippen molar-refractivity contribution in [3.8, 4) is 12.3 Å². The minimum atomic E-state index is -0.158. The molecule has 0 aliphatic carbocycles. The Morgan fingerprint density at radius 3 is 2.75 bits per heavy atom. The maximum atomic E-state index is 12.4. The predicted molar refractivity (Wildman–Crippen MR) is 98.8 cm³/mol. The topological polar surface area (TPSA) is 34.4 Å². The Morgan fingerprint density at radius 2 is 2.00 bits per heavy atom. The van der Waals surface area contributed by atoms with Crippen LogP contribution in [0.15, 0.2) is 47.5 Å². The van der Waals surface area contributed by atoms with Crippen LogP contribution in [0.5, 0.6) is 0 Å². The fourth-order valence-electron chi connectivity index (χ4n) is 2.65. The van der Waals surface area contributed by atoms with Gasteiger partial charge in [0.25, 0.3) is 5.91 Å². The second kappa shape index (κ2) is 6.86. The fourth-order valence-corrected chi connectivity index (χ4v) is 3.80. The minimum absolute atomic E-state index is 0.158. The van der Waals surface area contributed by atoms with Gasteiger partial charge >= 0.3 is 0 Å². The highest BCUT2D eigenvalue weighted by Gasteiger charge is 2.08. The van der Waals surface area contributed by atoms with Gasteiger partial charge in [0.2, 0.25) is 0 Å². The monoisotopic (exact) mass is 334 g/mol. The quantitative estimate of drug-likeness (QED) is 0.674. The molecular weight excluding hydrogens is 316 g/mol. The Morgan fingerprint density at radius 1 is 1.21 bits per heavy atom. The summed E-state index contributed by atoms with van der Waals surface area (Å²) in [7, 11) is 0. The second-order valence-corrected chi connectivity index (χ2v) is 6.83. The van der Waals surface area contributed by atoms with Crippen LogP contribution in [0.1, 0.15) is 16.7 Å². The number of hydrogen-bond acceptors (Lipinski definition) is 2. The maximum Gasteiger partial charge on any atom is 0.252 e. The average Bonchev–Trinajstić information content (AvgIpc) is 2.84. The molecule has 0 saturated heterocycles. The molecule has 0 atom stereocenters. The molecule has 0 saturated carbocycles. The minimum Gasteiger partial charge on any atom is -0.305 e. The summed E-state index contributed by atoms with van der Waals surface area (Å²) < 4.78 is 3.01. The molecule has 0 spiro atoms. The first-order valence-electron chi connectivity index (χ1n) is 7.73. The van der Waals surface area contributed by atoms with Crippen molar-refractivity contribution < 1.29 is 4.79 Å². The molecule has 3 aromatic rings. The van der Waals surface area contributed by atoms with E-state index in [1.807, 2.05) is 54.8 Å². The third-order valence-electron chi connectivity index (χ3n) is 3.75. The van der Waals surface area contributed by atoms with E-state index in [1.54, 1.807) is 0 Å². The Balaban J connectivity index is 2.01. The number of thiazole rings is 1. The number of aromatic nitrogens is 1. The van der Waals surface area contributed by atoms with Crippen LogP contribution in [-0.4, -0.2) is 10.5 Å². The van der Waals surface area contributed by atoms with Crippen molar-refractivity contribution in [2.45, 2.75) is 26.8 Å². The number of hydrogen-bond donors (Lipinski definition) is 0. The van der Waals surface area contributed by atoms with E-state index in [2.05, 4.69) is 17.0 Å². The van der Waals surface area contributed by atoms with Crippen molar-refractivity contribution in [3.63, 3.8) is 0 Å². The normalized spacial score (nSPS) is 11.6. The summed E-state index contributed by atoms with van der Waals surface area (Å²) in [6.45, 7) is 4.46. The number of amides is 1. The highest BCUT2D eigenvalue weighted by atomic mass is 32.1. The van der Waals surface area contributed by atoms with Crippen molar-refractivity contribution >= 4 is 27.5 Å². The van der Waals surface area contributed by atoms with E-state index in [0.29, 0.717) is 17.8 Å². The first-order chi connectivity index (χ1) is 11.6. The van der Waals surface area contributed by atoms with Gasteiger partial charge in [0.05, 0.1) is 23.2 Å². The lowest BCUT2D eigenvalue weighted by Crippen LogP contribution is -2.17. The van der Waals surface area contributed by atoms with Crippen LogP contribution in [0.4, 0.5) is 0 Å². The van der Waals surface area contributed by atoms with Gasteiger partial charge in [-0.2, -0.15) is 4.99 Å². The Hall–Kier alpha value is -2.64. The Kier molecular flexibility index (Phi) is 4.64. The lowest BCUT2D eigenvalue weighted by atomic mass is 10.1. The van der Waals surface area contributed by atoms with Gasteiger partial charge in [0, 0.05) is 0 Å². The summed E-state index contributed by atoms with van der Waals surface area (Å²) in [5, 5.41) is 0. The van der Waals surface area contributed by atoms with Crippen LogP contribution in [-0.2, 0) is 17.8 Å². The average molecular weight is 334 g/mol. The summed E-state index contributed by atoms with van der Waals surface area (Å²) >= 11 is 1.50. The number of fused-ring (bicyclic) bond motifs is 1. The number of terminal acetylenes is 1. The van der Waals surface area contributed by atoms with Crippen LogP contribution in [0, 0.1) is 26.2 Å². The zero-order valence-electron chi connectivity index (χ0n) is 13.7. The molecule has 3 rings (SSSR count). The third kappa shape index (κ3) is 3.47. The molecule has 1 aromatic heterocycles. The van der Waals surface area contributed by atoms with E-state index < -0.39 is 0 Å². The lowest BCUT2D eigenvalue weighted by Gasteiger charge is -2.01. The van der Waals surface area contributed by atoms with Gasteiger partial charge in [-0.15, -0.1) is 6.42 Å². The summed E-state index contributed by atoms with van der Waals surface area (Å²) in [4.78, 5) is 17.3. The molecule has 0 N–H and O–H groups in total. The molecule has 24 heavy (non-hydrogen) atoms. The molecule has 120 valence electrons. The van der Waals surface area contributed by atoms with Crippen LogP contribution < -0.4 is 4.80 Å². The van der Waals surface area contributed by atoms with E-state index in [0.717, 1.165) is 21.3 Å². The Bertz CT molecular complexity index is 1020. The number of aryl methyl sites for hydroxylation is 2. The lowest BCUT2D eigenvalue weighted by molar-refractivity contribution is -0.117. The molecule has 0 aliphatic rings. The first-order valence-corrected chi connectivity index (χ1v) is 8.55.